The van der Waals surface area contributed by atoms with Crippen molar-refractivity contribution in [1.29, 1.82) is 0 Å². The minimum Gasteiger partial charge on any atom is -0.399 e. The van der Waals surface area contributed by atoms with Crippen molar-refractivity contribution in [2.24, 2.45) is 5.73 Å². The number of hydrogen-bond acceptors (Lipinski definition) is 3. The molecule has 0 radical (unpaired) electrons. The van der Waals surface area contributed by atoms with Crippen LogP contribution in [0.15, 0.2) is 24.3 Å². The zero-order chi connectivity index (χ0) is 14.0. The Kier molecular flexibility index (Phi) is 3.74. The van der Waals surface area contributed by atoms with E-state index in [1.807, 2.05) is 31.2 Å². The minimum atomic E-state index is -0.501. The molecule has 1 fully saturated rings. The molecule has 1 aromatic rings. The van der Waals surface area contributed by atoms with Crippen LogP contribution in [0.5, 0.6) is 0 Å². The number of nitrogens with two attached hydrogens (primary N) is 2. The van der Waals surface area contributed by atoms with Crippen LogP contribution in [0, 0.1) is 0 Å². The fourth-order valence-electron chi connectivity index (χ4n) is 2.64. The van der Waals surface area contributed by atoms with Gasteiger partial charge in [0.25, 0.3) is 0 Å². The molecule has 0 saturated carbocycles. The molecule has 2 atom stereocenters. The Morgan fingerprint density at radius 2 is 2.26 bits per heavy atom. The molecule has 1 aliphatic heterocycles. The molecule has 1 heterocycles. The smallest absolute Gasteiger partial charge is 0.240 e. The maximum Gasteiger partial charge on any atom is 0.240 e. The molecule has 0 bridgehead atoms. The maximum atomic E-state index is 12.0. The molecule has 4 N–H and O–H groups in total. The molecule has 102 valence electrons. The number of primary amides is 1. The standard InChI is InChI=1S/C14H19N3O2/c1-2-12(14(16)19)17-8-10(7-13(17)18)9-4-3-5-11(15)6-9/h3-6,10,12H,2,7-8,15H2,1H3,(H2,16,19)/t10?,12-/m0/s1. The molecule has 1 unspecified atom stereocenters. The summed E-state index contributed by atoms with van der Waals surface area (Å²) in [6, 6.07) is 7.04. The van der Waals surface area contributed by atoms with Crippen LogP contribution in [0.4, 0.5) is 5.69 Å². The zero-order valence-corrected chi connectivity index (χ0v) is 11.0. The van der Waals surface area contributed by atoms with Crippen LogP contribution >= 0.6 is 0 Å². The van der Waals surface area contributed by atoms with E-state index in [1.165, 1.54) is 0 Å². The third-order valence-corrected chi connectivity index (χ3v) is 3.63. The van der Waals surface area contributed by atoms with Crippen molar-refractivity contribution >= 4 is 17.5 Å². The second-order valence-electron chi connectivity index (χ2n) is 4.94. The maximum absolute atomic E-state index is 12.0. The van der Waals surface area contributed by atoms with Crippen molar-refractivity contribution in [2.45, 2.75) is 31.7 Å². The lowest BCUT2D eigenvalue weighted by Crippen LogP contribution is -2.45. The molecule has 1 aliphatic rings. The first-order valence-corrected chi connectivity index (χ1v) is 6.47. The van der Waals surface area contributed by atoms with E-state index < -0.39 is 11.9 Å². The molecule has 0 spiro atoms. The largest absolute Gasteiger partial charge is 0.399 e. The van der Waals surface area contributed by atoms with Crippen molar-refractivity contribution in [2.75, 3.05) is 12.3 Å². The lowest BCUT2D eigenvalue weighted by atomic mass is 9.98. The number of rotatable bonds is 4. The number of carbonyl (C=O) groups excluding carboxylic acids is 2. The van der Waals surface area contributed by atoms with Gasteiger partial charge in [-0.05, 0) is 24.1 Å². The Labute approximate surface area is 112 Å². The van der Waals surface area contributed by atoms with Crippen molar-refractivity contribution in [3.8, 4) is 0 Å². The van der Waals surface area contributed by atoms with Crippen LogP contribution < -0.4 is 11.5 Å². The van der Waals surface area contributed by atoms with Gasteiger partial charge in [0.15, 0.2) is 0 Å². The Bertz CT molecular complexity index is 501. The van der Waals surface area contributed by atoms with Gasteiger partial charge in [-0.15, -0.1) is 0 Å². The highest BCUT2D eigenvalue weighted by atomic mass is 16.2. The predicted octanol–water partition coefficient (Wildman–Crippen LogP) is 0.849. The van der Waals surface area contributed by atoms with Gasteiger partial charge in [0.1, 0.15) is 6.04 Å². The summed E-state index contributed by atoms with van der Waals surface area (Å²) in [5, 5.41) is 0. The van der Waals surface area contributed by atoms with Crippen molar-refractivity contribution < 1.29 is 9.59 Å². The molecule has 19 heavy (non-hydrogen) atoms. The molecule has 1 aromatic carbocycles. The summed E-state index contributed by atoms with van der Waals surface area (Å²) in [7, 11) is 0. The monoisotopic (exact) mass is 261 g/mol. The minimum absolute atomic E-state index is 0.0157. The number of amides is 2. The van der Waals surface area contributed by atoms with Crippen LogP contribution in [0.1, 0.15) is 31.2 Å². The van der Waals surface area contributed by atoms with Crippen LogP contribution in [-0.2, 0) is 9.59 Å². The predicted molar refractivity (Wildman–Crippen MR) is 73.2 cm³/mol. The molecule has 0 aliphatic carbocycles. The summed E-state index contributed by atoms with van der Waals surface area (Å²) in [5.41, 5.74) is 12.8. The van der Waals surface area contributed by atoms with E-state index in [1.54, 1.807) is 4.90 Å². The number of nitrogen functional groups attached to an aromatic ring is 1. The fourth-order valence-corrected chi connectivity index (χ4v) is 2.64. The van der Waals surface area contributed by atoms with Crippen molar-refractivity contribution in [3.05, 3.63) is 29.8 Å². The first kappa shape index (κ1) is 13.4. The van der Waals surface area contributed by atoms with Gasteiger partial charge in [0.2, 0.25) is 11.8 Å². The summed E-state index contributed by atoms with van der Waals surface area (Å²) in [6.45, 7) is 2.39. The van der Waals surface area contributed by atoms with Crippen LogP contribution in [0.2, 0.25) is 0 Å². The molecular formula is C14H19N3O2. The summed E-state index contributed by atoms with van der Waals surface area (Å²) in [5.74, 6) is -0.369. The van der Waals surface area contributed by atoms with E-state index in [4.69, 9.17) is 11.5 Å². The number of hydrogen-bond donors (Lipinski definition) is 2. The Hall–Kier alpha value is -2.04. The zero-order valence-electron chi connectivity index (χ0n) is 11.0. The van der Waals surface area contributed by atoms with Crippen molar-refractivity contribution in [1.82, 2.24) is 4.90 Å². The fraction of sp³-hybridized carbons (Fsp3) is 0.429. The molecule has 5 nitrogen and oxygen atoms in total. The first-order valence-electron chi connectivity index (χ1n) is 6.47. The Morgan fingerprint density at radius 3 is 2.84 bits per heavy atom. The molecule has 2 amide bonds. The number of likely N-dealkylation sites (tertiary alicyclic amines) is 1. The van der Waals surface area contributed by atoms with E-state index in [0.29, 0.717) is 25.1 Å². The van der Waals surface area contributed by atoms with Gasteiger partial charge in [0.05, 0.1) is 0 Å². The number of anilines is 1. The van der Waals surface area contributed by atoms with Gasteiger partial charge in [-0.25, -0.2) is 0 Å². The van der Waals surface area contributed by atoms with Gasteiger partial charge in [-0.1, -0.05) is 19.1 Å². The highest BCUT2D eigenvalue weighted by Crippen LogP contribution is 2.30. The lowest BCUT2D eigenvalue weighted by Gasteiger charge is -2.24. The van der Waals surface area contributed by atoms with E-state index in [2.05, 4.69) is 0 Å². The summed E-state index contributed by atoms with van der Waals surface area (Å²) in [6.07, 6.45) is 0.956. The van der Waals surface area contributed by atoms with Crippen LogP contribution in [-0.4, -0.2) is 29.3 Å². The second kappa shape index (κ2) is 5.30. The SMILES string of the molecule is CC[C@@H](C(N)=O)N1CC(c2cccc(N)c2)CC1=O. The summed E-state index contributed by atoms with van der Waals surface area (Å²) < 4.78 is 0. The van der Waals surface area contributed by atoms with Crippen LogP contribution in [0.25, 0.3) is 0 Å². The average molecular weight is 261 g/mol. The molecule has 5 heteroatoms. The normalized spacial score (nSPS) is 20.6. The Balaban J connectivity index is 2.17. The number of carbonyl (C=O) groups is 2. The van der Waals surface area contributed by atoms with E-state index >= 15 is 0 Å². The van der Waals surface area contributed by atoms with E-state index in [9.17, 15) is 9.59 Å². The van der Waals surface area contributed by atoms with Gasteiger partial charge in [-0.3, -0.25) is 9.59 Å². The van der Waals surface area contributed by atoms with Crippen molar-refractivity contribution in [3.63, 3.8) is 0 Å². The third kappa shape index (κ3) is 2.70. The second-order valence-corrected chi connectivity index (χ2v) is 4.94. The average Bonchev–Trinajstić information content (AvgIpc) is 2.72. The first-order chi connectivity index (χ1) is 9.02. The van der Waals surface area contributed by atoms with Gasteiger partial charge < -0.3 is 16.4 Å². The highest BCUT2D eigenvalue weighted by Gasteiger charge is 2.36. The van der Waals surface area contributed by atoms with E-state index in [0.717, 1.165) is 5.56 Å². The highest BCUT2D eigenvalue weighted by molar-refractivity contribution is 5.88. The molecule has 2 rings (SSSR count). The number of benzene rings is 1. The summed E-state index contributed by atoms with van der Waals surface area (Å²) >= 11 is 0. The molecule has 1 saturated heterocycles. The van der Waals surface area contributed by atoms with Gasteiger partial charge >= 0.3 is 0 Å². The Morgan fingerprint density at radius 1 is 1.53 bits per heavy atom. The number of nitrogens with zero attached hydrogens (tertiary/aromatic N) is 1. The summed E-state index contributed by atoms with van der Waals surface area (Å²) in [4.78, 5) is 25.0. The van der Waals surface area contributed by atoms with Gasteiger partial charge in [-0.2, -0.15) is 0 Å². The topological polar surface area (TPSA) is 89.4 Å². The molecule has 0 aromatic heterocycles. The van der Waals surface area contributed by atoms with E-state index in [-0.39, 0.29) is 11.8 Å². The third-order valence-electron chi connectivity index (χ3n) is 3.63. The van der Waals surface area contributed by atoms with Gasteiger partial charge in [0, 0.05) is 24.6 Å². The lowest BCUT2D eigenvalue weighted by molar-refractivity contribution is -0.136. The quantitative estimate of drug-likeness (QED) is 0.787. The van der Waals surface area contributed by atoms with Crippen LogP contribution in [0.3, 0.4) is 0 Å². The molecular weight excluding hydrogens is 242 g/mol.